The number of carbonyl (C=O) groups is 2. The molecule has 4 aromatic rings. The van der Waals surface area contributed by atoms with Gasteiger partial charge in [-0.05, 0) is 60.7 Å². The van der Waals surface area contributed by atoms with Crippen molar-refractivity contribution in [3.05, 3.63) is 129 Å². The van der Waals surface area contributed by atoms with Crippen LogP contribution >= 0.6 is 31.9 Å². The van der Waals surface area contributed by atoms with E-state index in [2.05, 4.69) is 31.9 Å². The number of anilines is 2. The van der Waals surface area contributed by atoms with Crippen LogP contribution in [0.1, 0.15) is 20.7 Å². The van der Waals surface area contributed by atoms with Crippen LogP contribution in [0.15, 0.2) is 118 Å². The number of amides is 2. The third-order valence-corrected chi connectivity index (χ3v) is 6.30. The highest BCUT2D eigenvalue weighted by Gasteiger charge is 2.23. The second kappa shape index (κ2) is 11.3. The zero-order valence-electron chi connectivity index (χ0n) is 18.3. The van der Waals surface area contributed by atoms with Crippen molar-refractivity contribution in [3.63, 3.8) is 0 Å². The summed E-state index contributed by atoms with van der Waals surface area (Å²) in [6, 6.07) is 33.7. The molecular weight excluding hydrogens is 556 g/mol. The van der Waals surface area contributed by atoms with Crippen LogP contribution in [0.4, 0.5) is 11.4 Å². The minimum atomic E-state index is -0.129. The standard InChI is InChI=1S/C28H22Br2N2O2/c29-23-11-7-9-21(19-23)27(33)31(25-13-3-1-4-14-25)17-18-32(26-15-5-2-6-16-26)28(34)22-10-8-12-24(30)20-22/h1-16,19-20H,17-18H2. The van der Waals surface area contributed by atoms with E-state index in [1.54, 1.807) is 34.1 Å². The highest BCUT2D eigenvalue weighted by molar-refractivity contribution is 9.10. The number of rotatable bonds is 7. The summed E-state index contributed by atoms with van der Waals surface area (Å²) in [7, 11) is 0. The maximum Gasteiger partial charge on any atom is 0.258 e. The second-order valence-corrected chi connectivity index (χ2v) is 9.44. The Morgan fingerprint density at radius 1 is 0.529 bits per heavy atom. The maximum atomic E-state index is 13.5. The predicted molar refractivity (Wildman–Crippen MR) is 145 cm³/mol. The molecule has 2 amide bonds. The average molecular weight is 578 g/mol. The Balaban J connectivity index is 1.66. The van der Waals surface area contributed by atoms with Gasteiger partial charge in [-0.25, -0.2) is 0 Å². The fourth-order valence-electron chi connectivity index (χ4n) is 3.67. The molecule has 0 aliphatic carbocycles. The largest absolute Gasteiger partial charge is 0.307 e. The molecule has 0 saturated heterocycles. The fraction of sp³-hybridized carbons (Fsp3) is 0.0714. The van der Waals surface area contributed by atoms with Crippen molar-refractivity contribution in [2.75, 3.05) is 22.9 Å². The Morgan fingerprint density at radius 3 is 1.26 bits per heavy atom. The van der Waals surface area contributed by atoms with Crippen molar-refractivity contribution in [1.82, 2.24) is 0 Å². The molecule has 0 aliphatic heterocycles. The van der Waals surface area contributed by atoms with E-state index in [4.69, 9.17) is 0 Å². The summed E-state index contributed by atoms with van der Waals surface area (Å²) in [5, 5.41) is 0. The van der Waals surface area contributed by atoms with E-state index in [1.165, 1.54) is 0 Å². The first kappa shape index (κ1) is 23.9. The number of para-hydroxylation sites is 2. The summed E-state index contributed by atoms with van der Waals surface area (Å²) in [4.78, 5) is 30.5. The van der Waals surface area contributed by atoms with Gasteiger partial charge in [-0.2, -0.15) is 0 Å². The third kappa shape index (κ3) is 5.82. The van der Waals surface area contributed by atoms with E-state index in [1.807, 2.05) is 84.9 Å². The molecule has 0 aromatic heterocycles. The van der Waals surface area contributed by atoms with Gasteiger partial charge in [-0.1, -0.05) is 80.4 Å². The van der Waals surface area contributed by atoms with Gasteiger partial charge in [-0.3, -0.25) is 9.59 Å². The summed E-state index contributed by atoms with van der Waals surface area (Å²) in [6.45, 7) is 0.647. The van der Waals surface area contributed by atoms with E-state index in [9.17, 15) is 9.59 Å². The van der Waals surface area contributed by atoms with Crippen LogP contribution in [0.3, 0.4) is 0 Å². The van der Waals surface area contributed by atoms with E-state index < -0.39 is 0 Å². The number of halogens is 2. The van der Waals surface area contributed by atoms with Crippen LogP contribution in [0.25, 0.3) is 0 Å². The lowest BCUT2D eigenvalue weighted by molar-refractivity contribution is 0.0968. The van der Waals surface area contributed by atoms with Gasteiger partial charge in [0.05, 0.1) is 0 Å². The number of hydrogen-bond acceptors (Lipinski definition) is 2. The van der Waals surface area contributed by atoms with Crippen molar-refractivity contribution >= 4 is 55.0 Å². The molecule has 0 N–H and O–H groups in total. The summed E-state index contributed by atoms with van der Waals surface area (Å²) in [5.74, 6) is -0.258. The van der Waals surface area contributed by atoms with Crippen LogP contribution in [-0.4, -0.2) is 24.9 Å². The molecule has 0 bridgehead atoms. The van der Waals surface area contributed by atoms with E-state index in [0.717, 1.165) is 20.3 Å². The van der Waals surface area contributed by atoms with Gasteiger partial charge in [0.2, 0.25) is 0 Å². The maximum absolute atomic E-state index is 13.5. The monoisotopic (exact) mass is 576 g/mol. The Hall–Kier alpha value is -3.22. The Labute approximate surface area is 216 Å². The number of benzene rings is 4. The van der Waals surface area contributed by atoms with Gasteiger partial charge in [0, 0.05) is 44.5 Å². The Morgan fingerprint density at radius 2 is 0.912 bits per heavy atom. The van der Waals surface area contributed by atoms with Gasteiger partial charge < -0.3 is 9.80 Å². The smallest absolute Gasteiger partial charge is 0.258 e. The van der Waals surface area contributed by atoms with Crippen molar-refractivity contribution in [1.29, 1.82) is 0 Å². The average Bonchev–Trinajstić information content (AvgIpc) is 2.87. The lowest BCUT2D eigenvalue weighted by Gasteiger charge is -2.28. The Bertz CT molecular complexity index is 1180. The molecule has 170 valence electrons. The molecule has 0 heterocycles. The number of carbonyl (C=O) groups excluding carboxylic acids is 2. The quantitative estimate of drug-likeness (QED) is 0.233. The van der Waals surface area contributed by atoms with E-state index >= 15 is 0 Å². The molecule has 34 heavy (non-hydrogen) atoms. The third-order valence-electron chi connectivity index (χ3n) is 5.32. The summed E-state index contributed by atoms with van der Waals surface area (Å²) >= 11 is 6.90. The fourth-order valence-corrected chi connectivity index (χ4v) is 4.46. The molecule has 4 aromatic carbocycles. The summed E-state index contributed by atoms with van der Waals surface area (Å²) in [5.41, 5.74) is 2.69. The Kier molecular flexibility index (Phi) is 7.93. The first-order chi connectivity index (χ1) is 16.5. The number of nitrogens with zero attached hydrogens (tertiary/aromatic N) is 2. The van der Waals surface area contributed by atoms with Gasteiger partial charge in [-0.15, -0.1) is 0 Å². The van der Waals surface area contributed by atoms with Crippen LogP contribution in [0.5, 0.6) is 0 Å². The molecule has 0 radical (unpaired) electrons. The highest BCUT2D eigenvalue weighted by atomic mass is 79.9. The molecule has 0 atom stereocenters. The molecule has 0 fully saturated rings. The van der Waals surface area contributed by atoms with Gasteiger partial charge in [0.15, 0.2) is 0 Å². The first-order valence-electron chi connectivity index (χ1n) is 10.8. The van der Waals surface area contributed by atoms with E-state index in [0.29, 0.717) is 24.2 Å². The minimum absolute atomic E-state index is 0.129. The molecule has 0 unspecified atom stereocenters. The van der Waals surface area contributed by atoms with Crippen LogP contribution < -0.4 is 9.80 Å². The molecule has 0 aliphatic rings. The van der Waals surface area contributed by atoms with Crippen molar-refractivity contribution < 1.29 is 9.59 Å². The van der Waals surface area contributed by atoms with Gasteiger partial charge in [0.25, 0.3) is 11.8 Å². The summed E-state index contributed by atoms with van der Waals surface area (Å²) < 4.78 is 1.67. The van der Waals surface area contributed by atoms with Crippen molar-refractivity contribution in [3.8, 4) is 0 Å². The zero-order valence-corrected chi connectivity index (χ0v) is 21.4. The summed E-state index contributed by atoms with van der Waals surface area (Å²) in [6.07, 6.45) is 0. The molecular formula is C28H22Br2N2O2. The normalized spacial score (nSPS) is 10.5. The molecule has 0 spiro atoms. The predicted octanol–water partition coefficient (Wildman–Crippen LogP) is 7.21. The van der Waals surface area contributed by atoms with Gasteiger partial charge >= 0.3 is 0 Å². The number of hydrogen-bond donors (Lipinski definition) is 0. The van der Waals surface area contributed by atoms with Crippen LogP contribution in [-0.2, 0) is 0 Å². The van der Waals surface area contributed by atoms with Crippen LogP contribution in [0.2, 0.25) is 0 Å². The minimum Gasteiger partial charge on any atom is -0.307 e. The molecule has 4 rings (SSSR count). The topological polar surface area (TPSA) is 40.6 Å². The van der Waals surface area contributed by atoms with E-state index in [-0.39, 0.29) is 11.8 Å². The molecule has 6 heteroatoms. The first-order valence-corrected chi connectivity index (χ1v) is 12.4. The molecule has 0 saturated carbocycles. The molecule has 4 nitrogen and oxygen atoms in total. The lowest BCUT2D eigenvalue weighted by atomic mass is 10.1. The van der Waals surface area contributed by atoms with Crippen molar-refractivity contribution in [2.24, 2.45) is 0 Å². The van der Waals surface area contributed by atoms with Crippen molar-refractivity contribution in [2.45, 2.75) is 0 Å². The SMILES string of the molecule is O=C(c1cccc(Br)c1)N(CCN(C(=O)c1cccc(Br)c1)c1ccccc1)c1ccccc1. The zero-order chi connectivity index (χ0) is 23.9. The lowest BCUT2D eigenvalue weighted by Crippen LogP contribution is -2.41. The highest BCUT2D eigenvalue weighted by Crippen LogP contribution is 2.22. The van der Waals surface area contributed by atoms with Crippen LogP contribution in [0, 0.1) is 0 Å². The van der Waals surface area contributed by atoms with Gasteiger partial charge in [0.1, 0.15) is 0 Å². The second-order valence-electron chi connectivity index (χ2n) is 7.61.